The summed E-state index contributed by atoms with van der Waals surface area (Å²) in [4.78, 5) is 12.6. The molecule has 0 atom stereocenters. The van der Waals surface area contributed by atoms with Gasteiger partial charge in [0.2, 0.25) is 0 Å². The van der Waals surface area contributed by atoms with Gasteiger partial charge in [-0.15, -0.1) is 0 Å². The van der Waals surface area contributed by atoms with Gasteiger partial charge in [0.1, 0.15) is 5.75 Å². The largest absolute Gasteiger partial charge is 0.484 e. The van der Waals surface area contributed by atoms with E-state index in [0.29, 0.717) is 22.1 Å². The summed E-state index contributed by atoms with van der Waals surface area (Å²) in [7, 11) is -3.83. The van der Waals surface area contributed by atoms with Crippen LogP contribution < -0.4 is 14.4 Å². The number of nitrogens with zero attached hydrogens (tertiary/aromatic N) is 1. The third kappa shape index (κ3) is 6.70. The Kier molecular flexibility index (Phi) is 8.16. The molecule has 0 bridgehead atoms. The molecule has 0 radical (unpaired) electrons. The lowest BCUT2D eigenvalue weighted by atomic mass is 10.2. The normalized spacial score (nSPS) is 11.1. The Labute approximate surface area is 222 Å². The van der Waals surface area contributed by atoms with Crippen LogP contribution in [-0.4, -0.2) is 20.9 Å². The van der Waals surface area contributed by atoms with E-state index >= 15 is 0 Å². The molecule has 0 unspecified atom stereocenters. The van der Waals surface area contributed by atoms with Crippen molar-refractivity contribution >= 4 is 38.9 Å². The molecule has 4 aromatic rings. The van der Waals surface area contributed by atoms with E-state index in [9.17, 15) is 13.2 Å². The number of rotatable bonds is 9. The fraction of sp³-hybridized carbons (Fsp3) is 0.138. The molecular formula is C29H27ClN2O4S. The number of benzene rings is 4. The number of hydrogen-bond acceptors (Lipinski definition) is 4. The highest BCUT2D eigenvalue weighted by molar-refractivity contribution is 7.92. The molecule has 0 saturated carbocycles. The van der Waals surface area contributed by atoms with Crippen LogP contribution in [0.2, 0.25) is 5.02 Å². The van der Waals surface area contributed by atoms with Crippen LogP contribution in [0.5, 0.6) is 5.75 Å². The van der Waals surface area contributed by atoms with E-state index in [1.165, 1.54) is 4.31 Å². The zero-order valence-electron chi connectivity index (χ0n) is 20.5. The summed E-state index contributed by atoms with van der Waals surface area (Å²) in [6.45, 7) is 3.73. The lowest BCUT2D eigenvalue weighted by molar-refractivity contribution is -0.118. The zero-order chi connectivity index (χ0) is 26.4. The summed E-state index contributed by atoms with van der Waals surface area (Å²) < 4.78 is 34.2. The summed E-state index contributed by atoms with van der Waals surface area (Å²) >= 11 is 5.97. The minimum Gasteiger partial charge on any atom is -0.484 e. The summed E-state index contributed by atoms with van der Waals surface area (Å²) in [5.41, 5.74) is 3.82. The molecule has 8 heteroatoms. The molecule has 0 spiro atoms. The van der Waals surface area contributed by atoms with Gasteiger partial charge < -0.3 is 10.1 Å². The number of anilines is 2. The van der Waals surface area contributed by atoms with Crippen molar-refractivity contribution in [1.29, 1.82) is 0 Å². The molecule has 0 aliphatic carbocycles. The molecule has 190 valence electrons. The van der Waals surface area contributed by atoms with Crippen molar-refractivity contribution < 1.29 is 17.9 Å². The maximum atomic E-state index is 13.6. The van der Waals surface area contributed by atoms with Crippen LogP contribution in [0.3, 0.4) is 0 Å². The molecule has 1 N–H and O–H groups in total. The van der Waals surface area contributed by atoms with Gasteiger partial charge in [0.15, 0.2) is 6.61 Å². The van der Waals surface area contributed by atoms with Gasteiger partial charge in [0.05, 0.1) is 17.1 Å². The maximum Gasteiger partial charge on any atom is 0.264 e. The number of amides is 1. The summed E-state index contributed by atoms with van der Waals surface area (Å²) in [6, 6.07) is 28.0. The number of nitrogens with one attached hydrogen (secondary N) is 1. The standard InChI is InChI=1S/C29H27ClN2O4S/c1-21-8-15-27(16-9-21)37(34,35)32(19-23-6-4-3-5-7-23)25-11-13-26(14-12-25)36-20-29(33)31-28-17-10-24(30)18-22(28)2/h3-18H,19-20H2,1-2H3,(H,31,33). The fourth-order valence-corrected chi connectivity index (χ4v) is 5.39. The molecule has 4 aromatic carbocycles. The van der Waals surface area contributed by atoms with E-state index in [-0.39, 0.29) is 24.0 Å². The highest BCUT2D eigenvalue weighted by atomic mass is 35.5. The van der Waals surface area contributed by atoms with Crippen LogP contribution in [0.25, 0.3) is 0 Å². The first-order valence-electron chi connectivity index (χ1n) is 11.6. The number of sulfonamides is 1. The van der Waals surface area contributed by atoms with E-state index in [1.54, 1.807) is 66.7 Å². The van der Waals surface area contributed by atoms with Crippen molar-refractivity contribution in [3.63, 3.8) is 0 Å². The molecule has 0 aliphatic rings. The number of ether oxygens (including phenoxy) is 1. The summed E-state index contributed by atoms with van der Waals surface area (Å²) in [6.07, 6.45) is 0. The molecule has 0 fully saturated rings. The van der Waals surface area contributed by atoms with Crippen LogP contribution in [0, 0.1) is 13.8 Å². The lowest BCUT2D eigenvalue weighted by Gasteiger charge is -2.25. The van der Waals surface area contributed by atoms with Crippen molar-refractivity contribution in [2.24, 2.45) is 0 Å². The van der Waals surface area contributed by atoms with Crippen LogP contribution >= 0.6 is 11.6 Å². The minimum atomic E-state index is -3.83. The second-order valence-electron chi connectivity index (χ2n) is 8.60. The van der Waals surface area contributed by atoms with E-state index in [4.69, 9.17) is 16.3 Å². The van der Waals surface area contributed by atoms with Gasteiger partial charge in [-0.3, -0.25) is 9.10 Å². The smallest absolute Gasteiger partial charge is 0.264 e. The predicted octanol–water partition coefficient (Wildman–Crippen LogP) is 6.37. The Morgan fingerprint density at radius 2 is 1.57 bits per heavy atom. The molecule has 37 heavy (non-hydrogen) atoms. The molecule has 4 rings (SSSR count). The van der Waals surface area contributed by atoms with Crippen molar-refractivity contribution in [2.75, 3.05) is 16.2 Å². The van der Waals surface area contributed by atoms with Gasteiger partial charge in [0.25, 0.3) is 15.9 Å². The molecule has 6 nitrogen and oxygen atoms in total. The van der Waals surface area contributed by atoms with Crippen LogP contribution in [0.4, 0.5) is 11.4 Å². The van der Waals surface area contributed by atoms with E-state index < -0.39 is 10.0 Å². The molecule has 0 heterocycles. The van der Waals surface area contributed by atoms with Gasteiger partial charge >= 0.3 is 0 Å². The number of aryl methyl sites for hydroxylation is 2. The summed E-state index contributed by atoms with van der Waals surface area (Å²) in [5.74, 6) is 0.126. The Balaban J connectivity index is 1.50. The fourth-order valence-electron chi connectivity index (χ4n) is 3.71. The van der Waals surface area contributed by atoms with E-state index in [0.717, 1.165) is 16.7 Å². The molecule has 0 aliphatic heterocycles. The Bertz CT molecular complexity index is 1470. The number of carbonyl (C=O) groups is 1. The first-order chi connectivity index (χ1) is 17.7. The minimum absolute atomic E-state index is 0.167. The molecule has 1 amide bonds. The van der Waals surface area contributed by atoms with Crippen molar-refractivity contribution in [3.8, 4) is 5.75 Å². The third-order valence-corrected chi connectivity index (χ3v) is 7.76. The Morgan fingerprint density at radius 1 is 0.892 bits per heavy atom. The molecule has 0 aromatic heterocycles. The van der Waals surface area contributed by atoms with Gasteiger partial charge in [-0.2, -0.15) is 0 Å². The lowest BCUT2D eigenvalue weighted by Crippen LogP contribution is -2.30. The van der Waals surface area contributed by atoms with Crippen molar-refractivity contribution in [1.82, 2.24) is 0 Å². The number of carbonyl (C=O) groups excluding carboxylic acids is 1. The first kappa shape index (κ1) is 26.3. The van der Waals surface area contributed by atoms with Crippen molar-refractivity contribution in [2.45, 2.75) is 25.3 Å². The average Bonchev–Trinajstić information content (AvgIpc) is 2.89. The SMILES string of the molecule is Cc1ccc(S(=O)(=O)N(Cc2ccccc2)c2ccc(OCC(=O)Nc3ccc(Cl)cc3C)cc2)cc1. The number of halogens is 1. The van der Waals surface area contributed by atoms with Gasteiger partial charge in [-0.1, -0.05) is 59.6 Å². The number of hydrogen-bond donors (Lipinski definition) is 1. The Hall–Kier alpha value is -3.81. The highest BCUT2D eigenvalue weighted by Crippen LogP contribution is 2.28. The first-order valence-corrected chi connectivity index (χ1v) is 13.5. The van der Waals surface area contributed by atoms with Gasteiger partial charge in [-0.25, -0.2) is 8.42 Å². The van der Waals surface area contributed by atoms with Crippen LogP contribution in [0.1, 0.15) is 16.7 Å². The third-order valence-electron chi connectivity index (χ3n) is 5.74. The monoisotopic (exact) mass is 534 g/mol. The zero-order valence-corrected chi connectivity index (χ0v) is 22.1. The second-order valence-corrected chi connectivity index (χ2v) is 10.9. The highest BCUT2D eigenvalue weighted by Gasteiger charge is 2.25. The predicted molar refractivity (Wildman–Crippen MR) is 148 cm³/mol. The van der Waals surface area contributed by atoms with E-state index in [1.807, 2.05) is 44.2 Å². The second kappa shape index (κ2) is 11.5. The maximum absolute atomic E-state index is 13.6. The van der Waals surface area contributed by atoms with E-state index in [2.05, 4.69) is 5.32 Å². The van der Waals surface area contributed by atoms with Crippen molar-refractivity contribution in [3.05, 3.63) is 119 Å². The molecule has 0 saturated heterocycles. The average molecular weight is 535 g/mol. The molecular weight excluding hydrogens is 508 g/mol. The van der Waals surface area contributed by atoms with Crippen LogP contribution in [0.15, 0.2) is 102 Å². The van der Waals surface area contributed by atoms with Crippen LogP contribution in [-0.2, 0) is 21.4 Å². The summed E-state index contributed by atoms with van der Waals surface area (Å²) in [5, 5.41) is 3.39. The quantitative estimate of drug-likeness (QED) is 0.271. The van der Waals surface area contributed by atoms with Gasteiger partial charge in [0, 0.05) is 10.7 Å². The van der Waals surface area contributed by atoms with Gasteiger partial charge in [-0.05, 0) is 79.6 Å². The Morgan fingerprint density at radius 3 is 2.22 bits per heavy atom. The topological polar surface area (TPSA) is 75.7 Å².